The van der Waals surface area contributed by atoms with Crippen molar-refractivity contribution in [1.82, 2.24) is 19.8 Å². The number of nitrogens with zero attached hydrogens (tertiary/aromatic N) is 3. The second-order valence-electron chi connectivity index (χ2n) is 6.46. The molecule has 2 amide bonds. The fourth-order valence-corrected chi connectivity index (χ4v) is 2.41. The van der Waals surface area contributed by atoms with Crippen LogP contribution in [-0.2, 0) is 4.74 Å². The summed E-state index contributed by atoms with van der Waals surface area (Å²) in [6.07, 6.45) is -4.26. The fraction of sp³-hybridized carbons (Fsp3) is 0.562. The second kappa shape index (κ2) is 9.03. The van der Waals surface area contributed by atoms with Gasteiger partial charge in [-0.05, 0) is 21.0 Å². The number of nitrogens with one attached hydrogen (secondary N) is 2. The molecule has 2 heterocycles. The van der Waals surface area contributed by atoms with E-state index in [4.69, 9.17) is 9.47 Å². The number of amides is 2. The van der Waals surface area contributed by atoms with E-state index in [-0.39, 0.29) is 0 Å². The van der Waals surface area contributed by atoms with Crippen LogP contribution in [0, 0.1) is 0 Å². The third-order valence-corrected chi connectivity index (χ3v) is 4.09. The molecule has 1 atom stereocenters. The first-order valence-electron chi connectivity index (χ1n) is 8.57. The van der Waals surface area contributed by atoms with Crippen LogP contribution < -0.4 is 20.9 Å². The van der Waals surface area contributed by atoms with Crippen LogP contribution in [0.5, 0.6) is 5.75 Å². The maximum atomic E-state index is 13.0. The molecule has 1 aliphatic rings. The monoisotopic (exact) mass is 421 g/mol. The van der Waals surface area contributed by atoms with E-state index in [2.05, 4.69) is 10.7 Å². The number of halogens is 3. The predicted octanol–water partition coefficient (Wildman–Crippen LogP) is 0.380. The lowest BCUT2D eigenvalue weighted by Crippen LogP contribution is -2.54. The highest BCUT2D eigenvalue weighted by molar-refractivity contribution is 5.96. The number of carbonyl (C=O) groups is 2. The van der Waals surface area contributed by atoms with Crippen LogP contribution >= 0.6 is 0 Å². The van der Waals surface area contributed by atoms with Gasteiger partial charge in [-0.25, -0.2) is 4.79 Å². The highest BCUT2D eigenvalue weighted by atomic mass is 19.4. The van der Waals surface area contributed by atoms with Gasteiger partial charge >= 0.3 is 12.3 Å². The number of hydrogen-bond acceptors (Lipinski definition) is 7. The molecule has 0 spiro atoms. The van der Waals surface area contributed by atoms with Crippen LogP contribution in [0.3, 0.4) is 0 Å². The molecular formula is C16H22F3N5O5. The molecule has 1 aromatic heterocycles. The van der Waals surface area contributed by atoms with E-state index in [0.717, 1.165) is 17.7 Å². The summed E-state index contributed by atoms with van der Waals surface area (Å²) in [6.45, 7) is 0.582. The summed E-state index contributed by atoms with van der Waals surface area (Å²) >= 11 is 0. The SMILES string of the molecule is C[C@@H](N1CNn2ccc(=O)c(OCOC(=O)NCCN(C)C)c2C1=O)C(F)(F)F. The van der Waals surface area contributed by atoms with E-state index in [1.54, 1.807) is 0 Å². The number of carbonyl (C=O) groups excluding carboxylic acids is 2. The number of fused-ring (bicyclic) bond motifs is 1. The Bertz CT molecular complexity index is 811. The summed E-state index contributed by atoms with van der Waals surface area (Å²) in [4.78, 5) is 38.6. The van der Waals surface area contributed by atoms with Crippen molar-refractivity contribution in [3.63, 3.8) is 0 Å². The van der Waals surface area contributed by atoms with Crippen molar-refractivity contribution in [2.24, 2.45) is 0 Å². The highest BCUT2D eigenvalue weighted by Crippen LogP contribution is 2.28. The topological polar surface area (TPSA) is 105 Å². The molecule has 0 bridgehead atoms. The molecule has 0 unspecified atom stereocenters. The van der Waals surface area contributed by atoms with Crippen LogP contribution in [0.4, 0.5) is 18.0 Å². The molecule has 0 aliphatic carbocycles. The van der Waals surface area contributed by atoms with Crippen molar-refractivity contribution < 1.29 is 32.2 Å². The van der Waals surface area contributed by atoms with E-state index < -0.39 is 54.6 Å². The van der Waals surface area contributed by atoms with E-state index in [0.29, 0.717) is 18.0 Å². The number of alkyl carbamates (subject to hydrolysis) is 1. The highest BCUT2D eigenvalue weighted by Gasteiger charge is 2.44. The molecule has 0 saturated heterocycles. The largest absolute Gasteiger partial charge is 0.451 e. The first kappa shape index (κ1) is 22.3. The van der Waals surface area contributed by atoms with Crippen molar-refractivity contribution in [2.45, 2.75) is 19.1 Å². The third-order valence-electron chi connectivity index (χ3n) is 4.09. The molecule has 2 N–H and O–H groups in total. The van der Waals surface area contributed by atoms with Gasteiger partial charge < -0.3 is 30.0 Å². The summed E-state index contributed by atoms with van der Waals surface area (Å²) in [7, 11) is 3.63. The van der Waals surface area contributed by atoms with Gasteiger partial charge in [0.05, 0.1) is 0 Å². The zero-order valence-electron chi connectivity index (χ0n) is 16.1. The Labute approximate surface area is 164 Å². The van der Waals surface area contributed by atoms with Gasteiger partial charge in [-0.3, -0.25) is 14.3 Å². The van der Waals surface area contributed by atoms with Crippen molar-refractivity contribution in [3.8, 4) is 5.75 Å². The number of likely N-dealkylation sites (N-methyl/N-ethyl adjacent to an activating group) is 1. The number of aromatic nitrogens is 1. The molecular weight excluding hydrogens is 399 g/mol. The third kappa shape index (κ3) is 5.53. The molecule has 0 radical (unpaired) electrons. The van der Waals surface area contributed by atoms with Crippen LogP contribution in [0.1, 0.15) is 17.4 Å². The Morgan fingerprint density at radius 1 is 1.38 bits per heavy atom. The molecule has 0 fully saturated rings. The predicted molar refractivity (Wildman–Crippen MR) is 95.1 cm³/mol. The van der Waals surface area contributed by atoms with Crippen LogP contribution in [0.25, 0.3) is 0 Å². The van der Waals surface area contributed by atoms with Gasteiger partial charge in [-0.15, -0.1) is 0 Å². The molecule has 162 valence electrons. The Kier molecular flexibility index (Phi) is 6.95. The summed E-state index contributed by atoms with van der Waals surface area (Å²) in [5, 5.41) is 2.45. The maximum Gasteiger partial charge on any atom is 0.410 e. The van der Waals surface area contributed by atoms with Crippen molar-refractivity contribution in [2.75, 3.05) is 46.1 Å². The average molecular weight is 421 g/mol. The fourth-order valence-electron chi connectivity index (χ4n) is 2.41. The molecule has 0 saturated carbocycles. The van der Waals surface area contributed by atoms with Crippen LogP contribution in [0.2, 0.25) is 0 Å². The molecule has 2 rings (SSSR count). The summed E-state index contributed by atoms with van der Waals surface area (Å²) < 4.78 is 50.0. The van der Waals surface area contributed by atoms with Crippen LogP contribution in [-0.4, -0.2) is 79.3 Å². The van der Waals surface area contributed by atoms with Gasteiger partial charge in [0.2, 0.25) is 18.0 Å². The minimum Gasteiger partial charge on any atom is -0.451 e. The van der Waals surface area contributed by atoms with Gasteiger partial charge in [0.25, 0.3) is 5.91 Å². The number of rotatable bonds is 7. The zero-order valence-corrected chi connectivity index (χ0v) is 16.1. The number of pyridine rings is 1. The number of ether oxygens (including phenoxy) is 2. The maximum absolute atomic E-state index is 13.0. The van der Waals surface area contributed by atoms with Crippen molar-refractivity contribution in [3.05, 3.63) is 28.2 Å². The number of hydrogen-bond donors (Lipinski definition) is 2. The van der Waals surface area contributed by atoms with E-state index in [1.807, 2.05) is 19.0 Å². The first-order chi connectivity index (χ1) is 13.5. The van der Waals surface area contributed by atoms with E-state index in [1.165, 1.54) is 6.20 Å². The second-order valence-corrected chi connectivity index (χ2v) is 6.46. The molecule has 1 aliphatic heterocycles. The molecule has 0 aromatic carbocycles. The minimum atomic E-state index is -4.65. The van der Waals surface area contributed by atoms with Gasteiger partial charge in [-0.2, -0.15) is 13.2 Å². The Morgan fingerprint density at radius 3 is 2.69 bits per heavy atom. The summed E-state index contributed by atoms with van der Waals surface area (Å²) in [5.41, 5.74) is 1.41. The molecule has 10 nitrogen and oxygen atoms in total. The molecule has 1 aromatic rings. The Balaban J connectivity index is 2.10. The lowest BCUT2D eigenvalue weighted by atomic mass is 10.2. The lowest BCUT2D eigenvalue weighted by molar-refractivity contribution is -0.172. The van der Waals surface area contributed by atoms with Crippen LogP contribution in [0.15, 0.2) is 17.1 Å². The van der Waals surface area contributed by atoms with E-state index in [9.17, 15) is 27.6 Å². The smallest absolute Gasteiger partial charge is 0.410 e. The van der Waals surface area contributed by atoms with Crippen molar-refractivity contribution >= 4 is 12.0 Å². The first-order valence-corrected chi connectivity index (χ1v) is 8.57. The normalized spacial score (nSPS) is 14.9. The van der Waals surface area contributed by atoms with Crippen molar-refractivity contribution in [1.29, 1.82) is 0 Å². The quantitative estimate of drug-likeness (QED) is 0.614. The van der Waals surface area contributed by atoms with Gasteiger partial charge in [0.1, 0.15) is 12.7 Å². The standard InChI is InChI=1S/C16H22F3N5O5/c1-10(16(17,18)19)23-8-21-24-6-4-11(25)13(12(24)14(23)26)28-9-29-15(27)20-5-7-22(2)3/h4,6,10,21H,5,7-9H2,1-3H3,(H,20,27)/t10-/m1/s1. The summed E-state index contributed by atoms with van der Waals surface area (Å²) in [6, 6.07) is -1.02. The lowest BCUT2D eigenvalue weighted by Gasteiger charge is -2.36. The van der Waals surface area contributed by atoms with Gasteiger partial charge in [0.15, 0.2) is 5.69 Å². The Morgan fingerprint density at radius 2 is 2.07 bits per heavy atom. The zero-order chi connectivity index (χ0) is 21.8. The van der Waals surface area contributed by atoms with Gasteiger partial charge in [0, 0.05) is 25.4 Å². The van der Waals surface area contributed by atoms with E-state index >= 15 is 0 Å². The number of alkyl halides is 3. The average Bonchev–Trinajstić information content (AvgIpc) is 2.62. The Hall–Kier alpha value is -2.96. The molecule has 13 heteroatoms. The van der Waals surface area contributed by atoms with Gasteiger partial charge in [-0.1, -0.05) is 0 Å². The molecule has 29 heavy (non-hydrogen) atoms. The minimum absolute atomic E-state index is 0.307. The summed E-state index contributed by atoms with van der Waals surface area (Å²) in [5.74, 6) is -1.57.